The van der Waals surface area contributed by atoms with Crippen molar-refractivity contribution in [2.24, 2.45) is 0 Å². The molecule has 2 N–H and O–H groups in total. The molecule has 1 aliphatic heterocycles. The number of hydrogen-bond acceptors (Lipinski definition) is 5. The first-order valence-corrected chi connectivity index (χ1v) is 9.39. The highest BCUT2D eigenvalue weighted by molar-refractivity contribution is 7.07. The average Bonchev–Trinajstić information content (AvgIpc) is 3.14. The zero-order valence-corrected chi connectivity index (χ0v) is 14.3. The quantitative estimate of drug-likeness (QED) is 0.765. The van der Waals surface area contributed by atoms with Gasteiger partial charge in [0, 0.05) is 42.4 Å². The molecule has 3 rings (SSSR count). The summed E-state index contributed by atoms with van der Waals surface area (Å²) < 4.78 is 0. The van der Waals surface area contributed by atoms with Gasteiger partial charge >= 0.3 is 0 Å². The Kier molecular flexibility index (Phi) is 6.02. The van der Waals surface area contributed by atoms with Crippen LogP contribution in [0.1, 0.15) is 25.7 Å². The van der Waals surface area contributed by atoms with Crippen LogP contribution < -0.4 is 10.2 Å². The maximum absolute atomic E-state index is 8.81. The lowest BCUT2D eigenvalue weighted by atomic mass is 10.0. The Morgan fingerprint density at radius 3 is 2.61 bits per heavy atom. The molecule has 0 bridgehead atoms. The minimum atomic E-state index is 0.303. The molecule has 124 valence electrons. The van der Waals surface area contributed by atoms with Crippen molar-refractivity contribution in [3.8, 4) is 11.3 Å². The molecule has 23 heavy (non-hydrogen) atoms. The summed E-state index contributed by atoms with van der Waals surface area (Å²) in [5.41, 5.74) is 5.44. The number of piperidine rings is 1. The summed E-state index contributed by atoms with van der Waals surface area (Å²) >= 11 is 1.63. The molecular weight excluding hydrogens is 306 g/mol. The van der Waals surface area contributed by atoms with Crippen molar-refractivity contribution >= 4 is 17.0 Å². The van der Waals surface area contributed by atoms with Crippen LogP contribution in [0.25, 0.3) is 11.3 Å². The van der Waals surface area contributed by atoms with Gasteiger partial charge in [0.1, 0.15) is 0 Å². The lowest BCUT2D eigenvalue weighted by Gasteiger charge is -2.34. The van der Waals surface area contributed by atoms with Crippen LogP contribution in [0.3, 0.4) is 0 Å². The number of anilines is 1. The third kappa shape index (κ3) is 4.53. The van der Waals surface area contributed by atoms with Gasteiger partial charge in [0.05, 0.1) is 11.2 Å². The zero-order valence-electron chi connectivity index (χ0n) is 13.4. The van der Waals surface area contributed by atoms with Crippen LogP contribution in [-0.2, 0) is 0 Å². The van der Waals surface area contributed by atoms with Crippen LogP contribution in [0.2, 0.25) is 0 Å². The highest BCUT2D eigenvalue weighted by atomic mass is 32.1. The van der Waals surface area contributed by atoms with Crippen molar-refractivity contribution in [2.75, 3.05) is 31.1 Å². The smallest absolute Gasteiger partial charge is 0.0811 e. The molecule has 0 amide bonds. The van der Waals surface area contributed by atoms with Crippen molar-refractivity contribution < 1.29 is 5.11 Å². The van der Waals surface area contributed by atoms with E-state index >= 15 is 0 Å². The first kappa shape index (κ1) is 16.4. The number of thiazole rings is 1. The molecule has 1 aromatic heterocycles. The molecular formula is C18H25N3OS. The largest absolute Gasteiger partial charge is 0.396 e. The lowest BCUT2D eigenvalue weighted by Crippen LogP contribution is -2.42. The van der Waals surface area contributed by atoms with E-state index in [1.807, 2.05) is 5.51 Å². The van der Waals surface area contributed by atoms with Crippen LogP contribution in [0.15, 0.2) is 35.2 Å². The summed E-state index contributed by atoms with van der Waals surface area (Å²) in [6.45, 7) is 3.53. The Bertz CT molecular complexity index is 562. The minimum Gasteiger partial charge on any atom is -0.396 e. The summed E-state index contributed by atoms with van der Waals surface area (Å²) in [5.74, 6) is 0. The normalized spacial score (nSPS) is 16.0. The molecule has 1 fully saturated rings. The predicted octanol–water partition coefficient (Wildman–Crippen LogP) is 3.14. The average molecular weight is 331 g/mol. The SMILES string of the molecule is OCCCCNC1CCN(c2ccc(-c3cscn3)cc2)CC1. The van der Waals surface area contributed by atoms with Crippen LogP contribution in [0.5, 0.6) is 0 Å². The van der Waals surface area contributed by atoms with E-state index < -0.39 is 0 Å². The van der Waals surface area contributed by atoms with Crippen molar-refractivity contribution in [3.05, 3.63) is 35.2 Å². The van der Waals surface area contributed by atoms with E-state index in [-0.39, 0.29) is 0 Å². The second-order valence-electron chi connectivity index (χ2n) is 6.07. The number of unbranched alkanes of at least 4 members (excludes halogenated alkanes) is 1. The van der Waals surface area contributed by atoms with Crippen molar-refractivity contribution in [2.45, 2.75) is 31.7 Å². The molecule has 0 aliphatic carbocycles. The van der Waals surface area contributed by atoms with E-state index in [0.29, 0.717) is 12.6 Å². The van der Waals surface area contributed by atoms with Crippen LogP contribution in [-0.4, -0.2) is 42.4 Å². The number of hydrogen-bond donors (Lipinski definition) is 2. The number of aliphatic hydroxyl groups excluding tert-OH is 1. The maximum atomic E-state index is 8.81. The van der Waals surface area contributed by atoms with Gasteiger partial charge < -0.3 is 15.3 Å². The molecule has 1 aliphatic rings. The summed E-state index contributed by atoms with van der Waals surface area (Å²) in [7, 11) is 0. The third-order valence-corrected chi connectivity index (χ3v) is 5.06. The molecule has 1 saturated heterocycles. The van der Waals surface area contributed by atoms with Gasteiger partial charge in [0.2, 0.25) is 0 Å². The van der Waals surface area contributed by atoms with Crippen LogP contribution in [0, 0.1) is 0 Å². The number of aliphatic hydroxyl groups is 1. The zero-order chi connectivity index (χ0) is 15.9. The van der Waals surface area contributed by atoms with Gasteiger partial charge in [-0.25, -0.2) is 4.98 Å². The van der Waals surface area contributed by atoms with E-state index in [1.165, 1.54) is 24.1 Å². The number of rotatable bonds is 7. The molecule has 4 nitrogen and oxygen atoms in total. The second kappa shape index (κ2) is 8.43. The van der Waals surface area contributed by atoms with Gasteiger partial charge in [0.25, 0.3) is 0 Å². The summed E-state index contributed by atoms with van der Waals surface area (Å²) in [6.07, 6.45) is 4.34. The Morgan fingerprint density at radius 1 is 1.17 bits per heavy atom. The Balaban J connectivity index is 1.48. The van der Waals surface area contributed by atoms with Gasteiger partial charge in [-0.05, 0) is 44.4 Å². The maximum Gasteiger partial charge on any atom is 0.0811 e. The molecule has 0 saturated carbocycles. The van der Waals surface area contributed by atoms with Crippen molar-refractivity contribution in [1.29, 1.82) is 0 Å². The van der Waals surface area contributed by atoms with E-state index in [1.54, 1.807) is 11.3 Å². The molecule has 0 unspecified atom stereocenters. The number of aromatic nitrogens is 1. The molecule has 0 atom stereocenters. The fourth-order valence-corrected chi connectivity index (χ4v) is 3.64. The highest BCUT2D eigenvalue weighted by Crippen LogP contribution is 2.25. The van der Waals surface area contributed by atoms with Crippen molar-refractivity contribution in [1.82, 2.24) is 10.3 Å². The van der Waals surface area contributed by atoms with Crippen LogP contribution >= 0.6 is 11.3 Å². The van der Waals surface area contributed by atoms with Gasteiger partial charge in [-0.1, -0.05) is 12.1 Å². The van der Waals surface area contributed by atoms with Gasteiger partial charge in [-0.2, -0.15) is 0 Å². The van der Waals surface area contributed by atoms with E-state index in [9.17, 15) is 0 Å². The molecule has 5 heteroatoms. The Hall–Kier alpha value is -1.43. The summed E-state index contributed by atoms with van der Waals surface area (Å²) in [5, 5.41) is 14.5. The lowest BCUT2D eigenvalue weighted by molar-refractivity contribution is 0.281. The van der Waals surface area contributed by atoms with E-state index in [4.69, 9.17) is 5.11 Å². The van der Waals surface area contributed by atoms with Gasteiger partial charge in [-0.3, -0.25) is 0 Å². The van der Waals surface area contributed by atoms with Crippen molar-refractivity contribution in [3.63, 3.8) is 0 Å². The molecule has 0 radical (unpaired) electrons. The summed E-state index contributed by atoms with van der Waals surface area (Å²) in [6, 6.07) is 9.39. The minimum absolute atomic E-state index is 0.303. The molecule has 0 spiro atoms. The van der Waals surface area contributed by atoms with Crippen LogP contribution in [0.4, 0.5) is 5.69 Å². The number of benzene rings is 1. The second-order valence-corrected chi connectivity index (χ2v) is 6.79. The standard InChI is InChI=1S/C18H25N3OS/c22-12-2-1-9-19-16-7-10-21(11-8-16)17-5-3-15(4-6-17)18-13-23-14-20-18/h3-6,13-14,16,19,22H,1-2,7-12H2. The van der Waals surface area contributed by atoms with Gasteiger partial charge in [-0.15, -0.1) is 11.3 Å². The van der Waals surface area contributed by atoms with E-state index in [2.05, 4.69) is 44.8 Å². The molecule has 1 aromatic carbocycles. The predicted molar refractivity (Wildman–Crippen MR) is 97.1 cm³/mol. The fourth-order valence-electron chi connectivity index (χ4n) is 3.08. The fraction of sp³-hybridized carbons (Fsp3) is 0.500. The monoisotopic (exact) mass is 331 g/mol. The number of nitrogens with one attached hydrogen (secondary N) is 1. The summed E-state index contributed by atoms with van der Waals surface area (Å²) in [4.78, 5) is 6.83. The topological polar surface area (TPSA) is 48.4 Å². The van der Waals surface area contributed by atoms with Gasteiger partial charge in [0.15, 0.2) is 0 Å². The number of nitrogens with zero attached hydrogens (tertiary/aromatic N) is 2. The van der Waals surface area contributed by atoms with E-state index in [0.717, 1.165) is 38.2 Å². The molecule has 2 heterocycles. The third-order valence-electron chi connectivity index (χ3n) is 4.47. The first-order chi connectivity index (χ1) is 11.4. The Labute approximate surface area is 142 Å². The molecule has 2 aromatic rings. The highest BCUT2D eigenvalue weighted by Gasteiger charge is 2.18. The Morgan fingerprint density at radius 2 is 1.96 bits per heavy atom. The first-order valence-electron chi connectivity index (χ1n) is 8.44.